The molecule has 3 aromatic heterocycles. The Balaban J connectivity index is 1.78. The van der Waals surface area contributed by atoms with Crippen LogP contribution in [0.4, 0.5) is 5.82 Å². The minimum atomic E-state index is 0.552. The molecular weight excluding hydrogens is 430 g/mol. The van der Waals surface area contributed by atoms with Gasteiger partial charge in [-0.3, -0.25) is 9.50 Å². The van der Waals surface area contributed by atoms with Crippen molar-refractivity contribution >= 4 is 41.8 Å². The summed E-state index contributed by atoms with van der Waals surface area (Å²) in [5.41, 5.74) is 4.10. The topological polar surface area (TPSA) is 92.5 Å². The summed E-state index contributed by atoms with van der Waals surface area (Å²) >= 11 is 5.48. The average Bonchev–Trinajstić information content (AvgIpc) is 3.43. The number of anilines is 1. The van der Waals surface area contributed by atoms with Crippen molar-refractivity contribution in [2.45, 2.75) is 23.3 Å². The summed E-state index contributed by atoms with van der Waals surface area (Å²) in [6, 6.07) is 7.83. The Morgan fingerprint density at radius 2 is 2.19 bits per heavy atom. The number of aromatic nitrogens is 5. The van der Waals surface area contributed by atoms with Crippen molar-refractivity contribution in [2.75, 3.05) is 12.4 Å². The molecule has 0 saturated carbocycles. The van der Waals surface area contributed by atoms with Gasteiger partial charge in [0.15, 0.2) is 11.5 Å². The van der Waals surface area contributed by atoms with E-state index in [4.69, 9.17) is 9.72 Å². The number of nitrogens with one attached hydrogen (secondary N) is 2. The molecule has 8 nitrogen and oxygen atoms in total. The Hall–Kier alpha value is -3.24. The third kappa shape index (κ3) is 4.59. The summed E-state index contributed by atoms with van der Waals surface area (Å²) in [6.45, 7) is 5.99. The third-order valence-electron chi connectivity index (χ3n) is 4.48. The van der Waals surface area contributed by atoms with Crippen LogP contribution in [-0.4, -0.2) is 37.4 Å². The van der Waals surface area contributed by atoms with E-state index < -0.39 is 0 Å². The number of H-pyrrole nitrogens is 1. The Bertz CT molecular complexity index is 1250. The van der Waals surface area contributed by atoms with E-state index in [1.165, 1.54) is 11.8 Å². The molecule has 0 bridgehead atoms. The highest BCUT2D eigenvalue weighted by atomic mass is 32.2. The predicted molar refractivity (Wildman–Crippen MR) is 127 cm³/mol. The summed E-state index contributed by atoms with van der Waals surface area (Å²) in [4.78, 5) is 10.4. The van der Waals surface area contributed by atoms with Crippen molar-refractivity contribution in [3.63, 3.8) is 0 Å². The largest absolute Gasteiger partial charge is 0.496 e. The molecule has 0 unspecified atom stereocenters. The second-order valence-corrected chi connectivity index (χ2v) is 8.01. The zero-order valence-electron chi connectivity index (χ0n) is 17.0. The van der Waals surface area contributed by atoms with E-state index in [1.54, 1.807) is 19.5 Å². The minimum absolute atomic E-state index is 0.552. The third-order valence-corrected chi connectivity index (χ3v) is 5.79. The van der Waals surface area contributed by atoms with Gasteiger partial charge >= 0.3 is 0 Å². The summed E-state index contributed by atoms with van der Waals surface area (Å²) in [7, 11) is 1.66. The van der Waals surface area contributed by atoms with Crippen LogP contribution in [0.5, 0.6) is 5.75 Å². The number of methoxy groups -OCH3 is 1. The first-order chi connectivity index (χ1) is 15.1. The number of nitrogens with zero attached hydrogens (tertiary/aromatic N) is 5. The fourth-order valence-corrected chi connectivity index (χ4v) is 4.07. The zero-order chi connectivity index (χ0) is 21.8. The highest BCUT2D eigenvalue weighted by Gasteiger charge is 2.16. The number of hydrogen-bond acceptors (Lipinski definition) is 8. The van der Waals surface area contributed by atoms with Crippen molar-refractivity contribution in [1.82, 2.24) is 24.6 Å². The Kier molecular flexibility index (Phi) is 6.28. The lowest BCUT2D eigenvalue weighted by molar-refractivity contribution is 0.405. The molecule has 4 aromatic rings. The normalized spacial score (nSPS) is 11.6. The molecule has 31 heavy (non-hydrogen) atoms. The molecule has 0 amide bonds. The molecule has 0 aliphatic carbocycles. The second-order valence-electron chi connectivity index (χ2n) is 6.75. The maximum Gasteiger partial charge on any atom is 0.181 e. The Morgan fingerprint density at radius 1 is 1.35 bits per heavy atom. The molecule has 10 heteroatoms. The molecule has 0 aliphatic heterocycles. The fraction of sp³-hybridized carbons (Fsp3) is 0.143. The molecule has 2 N–H and O–H groups in total. The smallest absolute Gasteiger partial charge is 0.181 e. The van der Waals surface area contributed by atoms with Gasteiger partial charge in [0, 0.05) is 35.8 Å². The van der Waals surface area contributed by atoms with Gasteiger partial charge in [0.05, 0.1) is 30.1 Å². The lowest BCUT2D eigenvalue weighted by Crippen LogP contribution is -2.07. The van der Waals surface area contributed by atoms with Crippen LogP contribution < -0.4 is 10.1 Å². The quantitative estimate of drug-likeness (QED) is 0.261. The van der Waals surface area contributed by atoms with E-state index in [1.807, 2.05) is 48.0 Å². The lowest BCUT2D eigenvalue weighted by atomic mass is 10.2. The monoisotopic (exact) mass is 451 g/mol. The first-order valence-electron chi connectivity index (χ1n) is 9.39. The van der Waals surface area contributed by atoms with Gasteiger partial charge in [0.25, 0.3) is 0 Å². The highest BCUT2D eigenvalue weighted by molar-refractivity contribution is 7.99. The molecule has 1 aromatic carbocycles. The summed E-state index contributed by atoms with van der Waals surface area (Å²) in [5, 5.41) is 11.0. The molecule has 4 rings (SSSR count). The van der Waals surface area contributed by atoms with E-state index in [0.717, 1.165) is 38.3 Å². The van der Waals surface area contributed by atoms with E-state index >= 15 is 0 Å². The average molecular weight is 452 g/mol. The van der Waals surface area contributed by atoms with Gasteiger partial charge in [-0.05, 0) is 31.9 Å². The number of ether oxygens (including phenoxy) is 1. The molecular formula is C21H21N7OS2. The maximum absolute atomic E-state index is 5.49. The molecule has 0 radical (unpaired) electrons. The van der Waals surface area contributed by atoms with Crippen molar-refractivity contribution in [2.24, 2.45) is 4.40 Å². The van der Waals surface area contributed by atoms with Crippen LogP contribution in [0, 0.1) is 0 Å². The van der Waals surface area contributed by atoms with E-state index in [-0.39, 0.29) is 0 Å². The number of aromatic amines is 1. The van der Waals surface area contributed by atoms with Gasteiger partial charge < -0.3 is 10.1 Å². The first kappa shape index (κ1) is 21.0. The van der Waals surface area contributed by atoms with E-state index in [9.17, 15) is 0 Å². The van der Waals surface area contributed by atoms with Crippen LogP contribution in [0.3, 0.4) is 0 Å². The number of rotatable bonds is 8. The van der Waals surface area contributed by atoms with Gasteiger partial charge in [0.1, 0.15) is 10.8 Å². The van der Waals surface area contributed by atoms with Crippen LogP contribution in [0.2, 0.25) is 0 Å². The van der Waals surface area contributed by atoms with Crippen molar-refractivity contribution < 1.29 is 4.74 Å². The van der Waals surface area contributed by atoms with E-state index in [0.29, 0.717) is 17.9 Å². The Morgan fingerprint density at radius 3 is 2.94 bits per heavy atom. The standard InChI is InChI=1S/C21H21N7OS2/c1-13(8-14(2)27-30)25-20-21-22-11-16(15-9-23-24-10-15)28(21)12-19(26-20)31-18-7-5-4-6-17(18)29-3/h4-7,9-12,30H,1,8H2,2-3H3,(H,23,24)(H,25,26). The van der Waals surface area contributed by atoms with Gasteiger partial charge in [-0.15, -0.1) is 0 Å². The van der Waals surface area contributed by atoms with Crippen molar-refractivity contribution in [3.05, 3.63) is 61.3 Å². The molecule has 0 atom stereocenters. The molecule has 3 heterocycles. The number of fused-ring (bicyclic) bond motifs is 1. The molecule has 0 spiro atoms. The molecule has 0 saturated heterocycles. The van der Waals surface area contributed by atoms with Crippen LogP contribution in [0.15, 0.2) is 75.6 Å². The van der Waals surface area contributed by atoms with Gasteiger partial charge in [-0.2, -0.15) is 5.10 Å². The van der Waals surface area contributed by atoms with Crippen molar-refractivity contribution in [1.29, 1.82) is 0 Å². The second kappa shape index (κ2) is 9.27. The number of thiol groups is 1. The van der Waals surface area contributed by atoms with Crippen LogP contribution in [0.25, 0.3) is 16.9 Å². The van der Waals surface area contributed by atoms with Gasteiger partial charge in [-0.1, -0.05) is 30.5 Å². The summed E-state index contributed by atoms with van der Waals surface area (Å²) < 4.78 is 11.4. The Labute approximate surface area is 189 Å². The number of imidazole rings is 1. The molecule has 0 fully saturated rings. The zero-order valence-corrected chi connectivity index (χ0v) is 18.7. The number of para-hydroxylation sites is 1. The minimum Gasteiger partial charge on any atom is -0.496 e. The maximum atomic E-state index is 5.49. The SMILES string of the molecule is C=C(CC(C)=NS)Nc1nc(Sc2ccccc2OC)cn2c(-c3cn[nH]c3)cnc12. The lowest BCUT2D eigenvalue weighted by Gasteiger charge is -2.13. The van der Waals surface area contributed by atoms with Gasteiger partial charge in [0.2, 0.25) is 0 Å². The molecule has 0 aliphatic rings. The number of benzene rings is 1. The fourth-order valence-electron chi connectivity index (χ4n) is 3.08. The van der Waals surface area contributed by atoms with Gasteiger partial charge in [-0.25, -0.2) is 14.4 Å². The molecule has 158 valence electrons. The van der Waals surface area contributed by atoms with Crippen molar-refractivity contribution in [3.8, 4) is 17.0 Å². The number of allylic oxidation sites excluding steroid dienone is 1. The summed E-state index contributed by atoms with van der Waals surface area (Å²) in [6.07, 6.45) is 7.89. The number of hydrogen-bond donors (Lipinski definition) is 3. The highest BCUT2D eigenvalue weighted by Crippen LogP contribution is 2.35. The first-order valence-corrected chi connectivity index (χ1v) is 10.6. The van der Waals surface area contributed by atoms with Crippen LogP contribution in [0.1, 0.15) is 13.3 Å². The van der Waals surface area contributed by atoms with E-state index in [2.05, 4.69) is 44.3 Å². The predicted octanol–water partition coefficient (Wildman–Crippen LogP) is 4.90. The summed E-state index contributed by atoms with van der Waals surface area (Å²) in [5.74, 6) is 1.39. The van der Waals surface area contributed by atoms with Crippen LogP contribution >= 0.6 is 24.6 Å². The van der Waals surface area contributed by atoms with Crippen LogP contribution in [-0.2, 0) is 0 Å².